The number of hydrogen-bond acceptors (Lipinski definition) is 2. The topological polar surface area (TPSA) is 16.3 Å². The van der Waals surface area contributed by atoms with E-state index >= 15 is 0 Å². The largest absolute Gasteiger partial charge is 0.311 e. The number of aromatic nitrogens is 2. The van der Waals surface area contributed by atoms with Crippen molar-refractivity contribution in [3.8, 4) is 55.9 Å². The SMILES string of the molecule is [2H]c1c([2H])c([2H])c2c(c1[2H])c1c([2H])c([2H])c([2H])c([2H])c1n2-c1ccc2c(c1)N(c1ccccc1-c1ccc3c(c1)C(c1ccccc1)(c1ccccc1)c1ccccc1-3)c1cc(C(C)(C)C)cc3c1B2c1ccc(-n2c4c([2H])c([2H])c([2H])c([2H])c4c4c([2H])c([2H])c([2H])c([2H])c42)cc1N3c1ccccc1-c1ccc2c(c1)C(c1ccccc1)(c1ccccc1)c1ccccc1-2. The van der Waals surface area contributed by atoms with Crippen LogP contribution in [0.4, 0.5) is 34.1 Å². The van der Waals surface area contributed by atoms with E-state index in [1.54, 1.807) is 9.13 Å². The number of rotatable bonds is 10. The smallest absolute Gasteiger partial charge is 0.252 e. The third-order valence-electron chi connectivity index (χ3n) is 24.3. The van der Waals surface area contributed by atoms with Crippen LogP contribution in [0.2, 0.25) is 0 Å². The number of nitrogens with zero attached hydrogens (tertiary/aromatic N) is 4. The Kier molecular flexibility index (Phi) is 11.1. The normalized spacial score (nSPS) is 15.9. The highest BCUT2D eigenvalue weighted by molar-refractivity contribution is 7.00. The maximum absolute atomic E-state index is 9.90. The first kappa shape index (κ1) is 50.7. The Morgan fingerprint density at radius 1 is 0.274 bits per heavy atom. The van der Waals surface area contributed by atoms with E-state index in [-0.39, 0.29) is 43.6 Å². The zero-order valence-electron chi connectivity index (χ0n) is 77.7. The molecule has 0 saturated heterocycles. The van der Waals surface area contributed by atoms with Crippen LogP contribution in [0.1, 0.15) is 92.8 Å². The summed E-state index contributed by atoms with van der Waals surface area (Å²) in [5, 5.41) is -0.289. The summed E-state index contributed by atoms with van der Waals surface area (Å²) in [5.41, 5.74) is 22.2. The molecule has 0 fully saturated rings. The second-order valence-electron chi connectivity index (χ2n) is 30.9. The van der Waals surface area contributed by atoms with Gasteiger partial charge in [-0.15, -0.1) is 0 Å². The number of para-hydroxylation sites is 6. The summed E-state index contributed by atoms with van der Waals surface area (Å²) < 4.78 is 155. The summed E-state index contributed by atoms with van der Waals surface area (Å²) in [7, 11) is 0. The summed E-state index contributed by atoms with van der Waals surface area (Å²) in [5.74, 6) is 0. The quantitative estimate of drug-likeness (QED) is 0.127. The Labute approximate surface area is 681 Å². The van der Waals surface area contributed by atoms with Crippen LogP contribution in [0.5, 0.6) is 0 Å². The minimum atomic E-state index is -0.799. The zero-order chi connectivity index (χ0) is 88.8. The number of fused-ring (bicyclic) bond motifs is 16. The van der Waals surface area contributed by atoms with Gasteiger partial charge in [0.1, 0.15) is 0 Å². The molecule has 23 rings (SSSR count). The lowest BCUT2D eigenvalue weighted by atomic mass is 9.33. The van der Waals surface area contributed by atoms with Gasteiger partial charge < -0.3 is 18.9 Å². The van der Waals surface area contributed by atoms with Crippen molar-refractivity contribution in [2.45, 2.75) is 37.0 Å². The van der Waals surface area contributed by atoms with Crippen molar-refractivity contribution in [1.29, 1.82) is 0 Å². The lowest BCUT2D eigenvalue weighted by Gasteiger charge is -2.46. The van der Waals surface area contributed by atoms with Crippen LogP contribution < -0.4 is 26.2 Å². The molecule has 2 aromatic heterocycles. The van der Waals surface area contributed by atoms with Crippen LogP contribution in [-0.4, -0.2) is 15.8 Å². The van der Waals surface area contributed by atoms with Gasteiger partial charge in [-0.05, 0) is 190 Å². The second-order valence-corrected chi connectivity index (χ2v) is 30.9. The number of anilines is 6. The van der Waals surface area contributed by atoms with Gasteiger partial charge in [-0.3, -0.25) is 0 Å². The lowest BCUT2D eigenvalue weighted by Crippen LogP contribution is -2.61. The van der Waals surface area contributed by atoms with E-state index in [9.17, 15) is 16.4 Å². The van der Waals surface area contributed by atoms with Crippen molar-refractivity contribution in [3.63, 3.8) is 0 Å². The van der Waals surface area contributed by atoms with Crippen molar-refractivity contribution < 1.29 is 21.9 Å². The molecule has 0 atom stereocenters. The Balaban J connectivity index is 0.851. The first-order valence-corrected chi connectivity index (χ1v) is 38.4. The standard InChI is InChI=1S/C108H75BN4/c1-106(2,3)76-66-103-105-104(67-76)113(96-51-27-19-41-80(96)71-57-61-84-82-43-17-25-49-90(82)108(92(84)65-71,74-36-12-6-13-37-74)75-38-14-7-15-39-75)102-69-78(111-99-54-30-22-46-87(99)88-47-23-31-55-100(88)111)59-63-94(102)109(105)93-62-58-77(110-97-52-28-20-44-85(97)86-45-21-29-53-98(86)110)68-101(93)112(103)95-50-26-18-40-79(95)70-56-60-83-81-42-16-24-48-89(81)107(91(83)64-70,72-32-8-4-9-33-72)73-34-10-5-11-35-73/h4-69H,1-3H3/i20D,21D,22D,23D,28D,29D,30D,31D,44D,45D,46D,47D,52D,53D,54D,55D. The van der Waals surface area contributed by atoms with Gasteiger partial charge in [0.25, 0.3) is 6.71 Å². The zero-order valence-corrected chi connectivity index (χ0v) is 61.7. The van der Waals surface area contributed by atoms with Crippen LogP contribution in [0.15, 0.2) is 400 Å². The van der Waals surface area contributed by atoms with Gasteiger partial charge in [0, 0.05) is 66.8 Å². The Morgan fingerprint density at radius 3 is 0.956 bits per heavy atom. The average molecular weight is 1460 g/mol. The van der Waals surface area contributed by atoms with Gasteiger partial charge in [0.2, 0.25) is 0 Å². The van der Waals surface area contributed by atoms with Gasteiger partial charge in [0.05, 0.1) is 66.2 Å². The van der Waals surface area contributed by atoms with Crippen LogP contribution in [0.3, 0.4) is 0 Å². The fraction of sp³-hybridized carbons (Fsp3) is 0.0556. The second kappa shape index (κ2) is 24.8. The van der Waals surface area contributed by atoms with Gasteiger partial charge in [0.15, 0.2) is 0 Å². The fourth-order valence-corrected chi connectivity index (χ4v) is 19.6. The maximum Gasteiger partial charge on any atom is 0.252 e. The van der Waals surface area contributed by atoms with E-state index in [0.717, 1.165) is 134 Å². The van der Waals surface area contributed by atoms with Crippen molar-refractivity contribution >= 4 is 101 Å². The molecular weight excluding hydrogens is 1360 g/mol. The minimum absolute atomic E-state index is 0.0498. The van der Waals surface area contributed by atoms with Crippen molar-refractivity contribution in [3.05, 3.63) is 450 Å². The summed E-state index contributed by atoms with van der Waals surface area (Å²) in [6, 6.07) is 98.3. The molecule has 2 aliphatic carbocycles. The molecule has 0 radical (unpaired) electrons. The van der Waals surface area contributed by atoms with Gasteiger partial charge in [-0.2, -0.15) is 0 Å². The van der Waals surface area contributed by atoms with Crippen LogP contribution in [0.25, 0.3) is 99.5 Å². The minimum Gasteiger partial charge on any atom is -0.311 e. The fourth-order valence-electron chi connectivity index (χ4n) is 19.6. The summed E-state index contributed by atoms with van der Waals surface area (Å²) in [6.07, 6.45) is 0. The highest BCUT2D eigenvalue weighted by Crippen LogP contribution is 2.60. The maximum atomic E-state index is 9.90. The third-order valence-corrected chi connectivity index (χ3v) is 24.3. The van der Waals surface area contributed by atoms with E-state index < -0.39 is 120 Å². The molecule has 4 nitrogen and oxygen atoms in total. The molecule has 0 N–H and O–H groups in total. The highest BCUT2D eigenvalue weighted by Gasteiger charge is 2.50. The molecule has 0 bridgehead atoms. The van der Waals surface area contributed by atoms with Crippen molar-refractivity contribution in [2.75, 3.05) is 9.80 Å². The molecule has 19 aromatic rings. The monoisotopic (exact) mass is 1450 g/mol. The van der Waals surface area contributed by atoms with Crippen molar-refractivity contribution in [2.24, 2.45) is 0 Å². The first-order valence-electron chi connectivity index (χ1n) is 46.4. The Bertz CT molecular complexity index is 7450. The average Bonchev–Trinajstić information content (AvgIpc) is 1.43. The molecular formula is C108H75BN4. The lowest BCUT2D eigenvalue weighted by molar-refractivity contribution is 0.590. The predicted octanol–water partition coefficient (Wildman–Crippen LogP) is 25.3. The Hall–Kier alpha value is -14.0. The summed E-state index contributed by atoms with van der Waals surface area (Å²) in [4.78, 5) is 4.60. The van der Waals surface area contributed by atoms with Crippen LogP contribution >= 0.6 is 0 Å². The van der Waals surface area contributed by atoms with E-state index in [0.29, 0.717) is 22.7 Å². The molecule has 4 aliphatic rings. The molecule has 17 aromatic carbocycles. The van der Waals surface area contributed by atoms with E-state index in [2.05, 4.69) is 249 Å². The van der Waals surface area contributed by atoms with Gasteiger partial charge >= 0.3 is 0 Å². The molecule has 5 heteroatoms. The van der Waals surface area contributed by atoms with E-state index in [1.807, 2.05) is 84.9 Å². The van der Waals surface area contributed by atoms with Gasteiger partial charge in [-0.1, -0.05) is 336 Å². The molecule has 0 amide bonds. The van der Waals surface area contributed by atoms with E-state index in [4.69, 9.17) is 5.48 Å². The molecule has 0 saturated carbocycles. The molecule has 4 heterocycles. The summed E-state index contributed by atoms with van der Waals surface area (Å²) >= 11 is 0. The number of hydrogen-bond donors (Lipinski definition) is 0. The highest BCUT2D eigenvalue weighted by atomic mass is 15.2. The summed E-state index contributed by atoms with van der Waals surface area (Å²) in [6.45, 7) is 5.79. The Morgan fingerprint density at radius 2 is 0.593 bits per heavy atom. The third kappa shape index (κ3) is 9.28. The van der Waals surface area contributed by atoms with Crippen LogP contribution in [-0.2, 0) is 16.2 Å². The molecule has 0 unspecified atom stereocenters. The van der Waals surface area contributed by atoms with Gasteiger partial charge in [-0.25, -0.2) is 0 Å². The first-order chi connectivity index (χ1) is 62.4. The molecule has 0 spiro atoms. The number of benzene rings is 17. The van der Waals surface area contributed by atoms with Crippen molar-refractivity contribution in [1.82, 2.24) is 9.13 Å². The predicted molar refractivity (Wildman–Crippen MR) is 473 cm³/mol. The van der Waals surface area contributed by atoms with E-state index in [1.165, 1.54) is 0 Å². The van der Waals surface area contributed by atoms with Crippen LogP contribution in [0, 0.1) is 0 Å². The molecule has 2 aliphatic heterocycles. The molecule has 113 heavy (non-hydrogen) atoms. The molecule has 530 valence electrons.